The van der Waals surface area contributed by atoms with Crippen molar-refractivity contribution in [3.63, 3.8) is 0 Å². The third-order valence-corrected chi connectivity index (χ3v) is 8.33. The van der Waals surface area contributed by atoms with Crippen LogP contribution in [-0.2, 0) is 11.8 Å². The molecule has 1 nitrogen and oxygen atoms in total. The minimum atomic E-state index is -0.723. The van der Waals surface area contributed by atoms with E-state index in [4.69, 9.17) is 0 Å². The second kappa shape index (κ2) is 11.4. The molecule has 0 aliphatic rings. The molecule has 35 heavy (non-hydrogen) atoms. The van der Waals surface area contributed by atoms with Gasteiger partial charge in [-0.2, -0.15) is 0 Å². The number of benzene rings is 3. The van der Waals surface area contributed by atoms with E-state index in [2.05, 4.69) is 101 Å². The second-order valence-electron chi connectivity index (χ2n) is 10.1. The van der Waals surface area contributed by atoms with Gasteiger partial charge in [-0.1, -0.05) is 107 Å². The van der Waals surface area contributed by atoms with Crippen LogP contribution < -0.4 is 0 Å². The molecular weight excluding hydrogens is 424 g/mol. The van der Waals surface area contributed by atoms with E-state index in [1.54, 1.807) is 0 Å². The van der Waals surface area contributed by atoms with Gasteiger partial charge in [-0.25, -0.2) is 0 Å². The van der Waals surface area contributed by atoms with Gasteiger partial charge in [-0.3, -0.25) is 0 Å². The summed E-state index contributed by atoms with van der Waals surface area (Å²) >= 11 is 0. The molecule has 0 atom stereocenters. The van der Waals surface area contributed by atoms with Crippen molar-refractivity contribution in [1.29, 1.82) is 0 Å². The molecule has 0 aromatic heterocycles. The van der Waals surface area contributed by atoms with Gasteiger partial charge < -0.3 is 5.11 Å². The number of hydrogen-bond donors (Lipinski definition) is 1. The molecule has 3 aromatic rings. The van der Waals surface area contributed by atoms with Crippen LogP contribution >= 0.6 is 0 Å². The van der Waals surface area contributed by atoms with Crippen LogP contribution in [-0.4, -0.2) is 10.7 Å². The predicted molar refractivity (Wildman–Crippen MR) is 153 cm³/mol. The van der Waals surface area contributed by atoms with E-state index in [0.717, 1.165) is 32.1 Å². The Balaban J connectivity index is 1.96. The first-order valence-electron chi connectivity index (χ1n) is 13.5. The normalized spacial score (nSPS) is 12.5. The lowest BCUT2D eigenvalue weighted by Crippen LogP contribution is -2.26. The van der Waals surface area contributed by atoms with E-state index in [1.165, 1.54) is 44.5 Å². The second-order valence-corrected chi connectivity index (χ2v) is 10.1. The average Bonchev–Trinajstić information content (AvgIpc) is 2.89. The lowest BCUT2D eigenvalue weighted by molar-refractivity contribution is 0.0836. The van der Waals surface area contributed by atoms with Gasteiger partial charge in [0.15, 0.2) is 0 Å². The summed E-state index contributed by atoms with van der Waals surface area (Å²) in [6, 6.07) is 22.9. The Bertz CT molecular complexity index is 1140. The van der Waals surface area contributed by atoms with Crippen molar-refractivity contribution in [1.82, 2.24) is 0 Å². The molecule has 0 saturated heterocycles. The van der Waals surface area contributed by atoms with Gasteiger partial charge in [0, 0.05) is 5.41 Å². The standard InChI is InChI=1S/C34H44O/c1-8-27-24-30(14-13-25(27)6)29-16-18-31(19-17-29)34(11-4,12-5)32-20-15-28(26(7)23-32)21-22-33(35,9-2)10-3/h13-24,35H,8-12H2,1-7H3/b22-21+. The van der Waals surface area contributed by atoms with Crippen LogP contribution in [0.25, 0.3) is 17.2 Å². The molecule has 0 bridgehead atoms. The highest BCUT2D eigenvalue weighted by atomic mass is 16.3. The molecule has 0 unspecified atom stereocenters. The summed E-state index contributed by atoms with van der Waals surface area (Å²) in [4.78, 5) is 0. The summed E-state index contributed by atoms with van der Waals surface area (Å²) in [6.07, 6.45) is 8.67. The van der Waals surface area contributed by atoms with Crippen LogP contribution in [0, 0.1) is 13.8 Å². The first kappa shape index (κ1) is 27.0. The van der Waals surface area contributed by atoms with E-state index >= 15 is 0 Å². The molecule has 3 aromatic carbocycles. The smallest absolute Gasteiger partial charge is 0.0825 e. The molecule has 186 valence electrons. The average molecular weight is 469 g/mol. The first-order chi connectivity index (χ1) is 16.8. The van der Waals surface area contributed by atoms with E-state index in [-0.39, 0.29) is 5.41 Å². The van der Waals surface area contributed by atoms with E-state index in [9.17, 15) is 5.11 Å². The Morgan fingerprint density at radius 2 is 1.26 bits per heavy atom. The maximum absolute atomic E-state index is 10.7. The van der Waals surface area contributed by atoms with Gasteiger partial charge in [-0.05, 0) is 90.5 Å². The number of aliphatic hydroxyl groups is 1. The Morgan fingerprint density at radius 3 is 1.80 bits per heavy atom. The fraction of sp³-hybridized carbons (Fsp3) is 0.412. The Morgan fingerprint density at radius 1 is 0.657 bits per heavy atom. The van der Waals surface area contributed by atoms with Crippen molar-refractivity contribution in [3.05, 3.63) is 100 Å². The van der Waals surface area contributed by atoms with Crippen molar-refractivity contribution in [2.24, 2.45) is 0 Å². The van der Waals surface area contributed by atoms with Gasteiger partial charge in [0.1, 0.15) is 0 Å². The zero-order valence-corrected chi connectivity index (χ0v) is 22.9. The molecule has 3 rings (SSSR count). The largest absolute Gasteiger partial charge is 0.386 e. The molecule has 0 radical (unpaired) electrons. The zero-order valence-electron chi connectivity index (χ0n) is 22.9. The van der Waals surface area contributed by atoms with E-state index in [0.29, 0.717) is 0 Å². The van der Waals surface area contributed by atoms with Crippen molar-refractivity contribution in [3.8, 4) is 11.1 Å². The number of aryl methyl sites for hydroxylation is 3. The fourth-order valence-corrected chi connectivity index (χ4v) is 5.34. The summed E-state index contributed by atoms with van der Waals surface area (Å²) in [5.74, 6) is 0. The fourth-order valence-electron chi connectivity index (χ4n) is 5.34. The van der Waals surface area contributed by atoms with Gasteiger partial charge in [0.25, 0.3) is 0 Å². The predicted octanol–water partition coefficient (Wildman–Crippen LogP) is 9.20. The number of hydrogen-bond acceptors (Lipinski definition) is 1. The highest BCUT2D eigenvalue weighted by Gasteiger charge is 2.31. The van der Waals surface area contributed by atoms with Crippen LogP contribution in [0.5, 0.6) is 0 Å². The van der Waals surface area contributed by atoms with Gasteiger partial charge in [-0.15, -0.1) is 0 Å². The summed E-state index contributed by atoms with van der Waals surface area (Å²) < 4.78 is 0. The Kier molecular flexibility index (Phi) is 8.78. The zero-order chi connectivity index (χ0) is 25.6. The van der Waals surface area contributed by atoms with Gasteiger partial charge in [0.2, 0.25) is 0 Å². The topological polar surface area (TPSA) is 20.2 Å². The molecule has 0 aliphatic carbocycles. The third-order valence-electron chi connectivity index (χ3n) is 8.33. The van der Waals surface area contributed by atoms with Crippen molar-refractivity contribution < 1.29 is 5.11 Å². The molecule has 0 aliphatic heterocycles. The summed E-state index contributed by atoms with van der Waals surface area (Å²) in [6.45, 7) is 15.3. The molecule has 1 heteroatoms. The Labute approximate surface area is 213 Å². The highest BCUT2D eigenvalue weighted by molar-refractivity contribution is 5.66. The maximum atomic E-state index is 10.7. The van der Waals surface area contributed by atoms with Crippen LogP contribution in [0.3, 0.4) is 0 Å². The minimum Gasteiger partial charge on any atom is -0.386 e. The quantitative estimate of drug-likeness (QED) is 0.314. The third kappa shape index (κ3) is 5.62. The van der Waals surface area contributed by atoms with Crippen molar-refractivity contribution >= 4 is 6.08 Å². The van der Waals surface area contributed by atoms with E-state index < -0.39 is 5.60 Å². The molecule has 0 saturated carbocycles. The number of rotatable bonds is 10. The molecule has 1 N–H and O–H groups in total. The summed E-state index contributed by atoms with van der Waals surface area (Å²) in [5.41, 5.74) is 9.80. The van der Waals surface area contributed by atoms with Gasteiger partial charge in [0.05, 0.1) is 5.60 Å². The molecule has 0 heterocycles. The van der Waals surface area contributed by atoms with Crippen LogP contribution in [0.4, 0.5) is 0 Å². The maximum Gasteiger partial charge on any atom is 0.0825 e. The Hall–Kier alpha value is -2.64. The lowest BCUT2D eigenvalue weighted by Gasteiger charge is -2.34. The monoisotopic (exact) mass is 468 g/mol. The van der Waals surface area contributed by atoms with Crippen LogP contribution in [0.1, 0.15) is 93.7 Å². The van der Waals surface area contributed by atoms with Crippen molar-refractivity contribution in [2.75, 3.05) is 0 Å². The highest BCUT2D eigenvalue weighted by Crippen LogP contribution is 2.40. The first-order valence-corrected chi connectivity index (χ1v) is 13.5. The molecular formula is C34H44O. The summed E-state index contributed by atoms with van der Waals surface area (Å²) in [5, 5.41) is 10.7. The minimum absolute atomic E-state index is 0.0129. The van der Waals surface area contributed by atoms with Gasteiger partial charge >= 0.3 is 0 Å². The SMILES string of the molecule is CCc1cc(-c2ccc(C(CC)(CC)c3ccc(/C=C/C(O)(CC)CC)c(C)c3)cc2)ccc1C. The lowest BCUT2D eigenvalue weighted by atomic mass is 9.70. The molecule has 0 amide bonds. The summed E-state index contributed by atoms with van der Waals surface area (Å²) in [7, 11) is 0. The molecule has 0 fully saturated rings. The molecule has 0 spiro atoms. The van der Waals surface area contributed by atoms with Crippen LogP contribution in [0.15, 0.2) is 66.7 Å². The van der Waals surface area contributed by atoms with Crippen LogP contribution in [0.2, 0.25) is 0 Å². The van der Waals surface area contributed by atoms with Crippen molar-refractivity contribution in [2.45, 2.75) is 91.6 Å². The van der Waals surface area contributed by atoms with E-state index in [1.807, 2.05) is 19.9 Å².